The smallest absolute Gasteiger partial charge is 0.248 e. The zero-order chi connectivity index (χ0) is 22.1. The molecular formula is C23H23ClN2O5. The van der Waals surface area contributed by atoms with Crippen LogP contribution in [0.5, 0.6) is 11.5 Å². The van der Waals surface area contributed by atoms with E-state index in [0.717, 1.165) is 28.6 Å². The number of ketones is 1. The SMILES string of the molecule is CCCc1c(C(=O)COC)c2ccc(C(N)=O)cc2n1Cc1cc2c(cc1Cl)OCO2. The summed E-state index contributed by atoms with van der Waals surface area (Å²) in [7, 11) is 1.49. The quantitative estimate of drug-likeness (QED) is 0.533. The molecule has 0 atom stereocenters. The number of carbonyl (C=O) groups excluding carboxylic acids is 2. The summed E-state index contributed by atoms with van der Waals surface area (Å²) in [5.74, 6) is 0.587. The Balaban J connectivity index is 1.93. The summed E-state index contributed by atoms with van der Waals surface area (Å²) in [6.07, 6.45) is 1.51. The summed E-state index contributed by atoms with van der Waals surface area (Å²) in [5.41, 5.74) is 8.92. The van der Waals surface area contributed by atoms with Gasteiger partial charge in [0.15, 0.2) is 17.3 Å². The zero-order valence-corrected chi connectivity index (χ0v) is 18.1. The van der Waals surface area contributed by atoms with E-state index in [-0.39, 0.29) is 19.2 Å². The van der Waals surface area contributed by atoms with Crippen LogP contribution in [0.25, 0.3) is 10.9 Å². The Morgan fingerprint density at radius 2 is 1.94 bits per heavy atom. The van der Waals surface area contributed by atoms with Crippen LogP contribution in [-0.2, 0) is 17.7 Å². The number of nitrogens with two attached hydrogens (primary N) is 1. The van der Waals surface area contributed by atoms with Crippen LogP contribution < -0.4 is 15.2 Å². The molecule has 1 aromatic heterocycles. The first-order chi connectivity index (χ1) is 14.9. The Labute approximate surface area is 184 Å². The Bertz CT molecular complexity index is 1180. The lowest BCUT2D eigenvalue weighted by Crippen LogP contribution is -2.12. The van der Waals surface area contributed by atoms with Crippen LogP contribution in [0.3, 0.4) is 0 Å². The number of methoxy groups -OCH3 is 1. The summed E-state index contributed by atoms with van der Waals surface area (Å²) in [6.45, 7) is 2.57. The van der Waals surface area contributed by atoms with Crippen LogP contribution in [-0.4, -0.2) is 36.8 Å². The molecule has 0 saturated carbocycles. The first-order valence-electron chi connectivity index (χ1n) is 9.99. The van der Waals surface area contributed by atoms with Crippen LogP contribution in [0.2, 0.25) is 5.02 Å². The number of fused-ring (bicyclic) bond motifs is 2. The maximum atomic E-state index is 13.0. The van der Waals surface area contributed by atoms with Gasteiger partial charge in [0.05, 0.1) is 5.52 Å². The lowest BCUT2D eigenvalue weighted by Gasteiger charge is -2.14. The molecule has 1 amide bonds. The van der Waals surface area contributed by atoms with Gasteiger partial charge in [0.1, 0.15) is 6.61 Å². The summed E-state index contributed by atoms with van der Waals surface area (Å²) in [5, 5.41) is 1.29. The van der Waals surface area contributed by atoms with Crippen molar-refractivity contribution >= 4 is 34.2 Å². The first-order valence-corrected chi connectivity index (χ1v) is 10.4. The fourth-order valence-electron chi connectivity index (χ4n) is 4.00. The molecule has 8 heteroatoms. The Kier molecular flexibility index (Phi) is 5.89. The average Bonchev–Trinajstić information content (AvgIpc) is 3.30. The average molecular weight is 443 g/mol. The number of primary amides is 1. The number of hydrogen-bond acceptors (Lipinski definition) is 5. The number of nitrogens with zero attached hydrogens (tertiary/aromatic N) is 1. The van der Waals surface area contributed by atoms with E-state index in [2.05, 4.69) is 6.92 Å². The Morgan fingerprint density at radius 3 is 2.61 bits per heavy atom. The van der Waals surface area contributed by atoms with Crippen LogP contribution >= 0.6 is 11.6 Å². The van der Waals surface area contributed by atoms with Crippen molar-refractivity contribution in [3.05, 3.63) is 57.7 Å². The highest BCUT2D eigenvalue weighted by Crippen LogP contribution is 2.38. The molecule has 1 aliphatic heterocycles. The molecule has 0 bridgehead atoms. The van der Waals surface area contributed by atoms with E-state index in [4.69, 9.17) is 31.5 Å². The molecule has 2 heterocycles. The molecule has 4 rings (SSSR count). The van der Waals surface area contributed by atoms with Gasteiger partial charge in [-0.15, -0.1) is 0 Å². The molecule has 0 fully saturated rings. The second-order valence-electron chi connectivity index (χ2n) is 7.41. The Hall–Kier alpha value is -3.03. The summed E-state index contributed by atoms with van der Waals surface area (Å²) >= 11 is 6.53. The van der Waals surface area contributed by atoms with E-state index in [9.17, 15) is 9.59 Å². The van der Waals surface area contributed by atoms with Gasteiger partial charge in [0, 0.05) is 47.0 Å². The third-order valence-corrected chi connectivity index (χ3v) is 5.72. The van der Waals surface area contributed by atoms with Gasteiger partial charge < -0.3 is 24.5 Å². The van der Waals surface area contributed by atoms with Crippen LogP contribution in [0.4, 0.5) is 0 Å². The fourth-order valence-corrected chi connectivity index (χ4v) is 4.21. The van der Waals surface area contributed by atoms with Gasteiger partial charge in [-0.1, -0.05) is 31.0 Å². The van der Waals surface area contributed by atoms with Crippen LogP contribution in [0, 0.1) is 0 Å². The van der Waals surface area contributed by atoms with Crippen molar-refractivity contribution in [2.45, 2.75) is 26.3 Å². The van der Waals surface area contributed by atoms with Crippen LogP contribution in [0.15, 0.2) is 30.3 Å². The molecule has 2 N–H and O–H groups in total. The van der Waals surface area contributed by atoms with Crippen LogP contribution in [0.1, 0.15) is 45.3 Å². The summed E-state index contributed by atoms with van der Waals surface area (Å²) in [6, 6.07) is 8.72. The predicted molar refractivity (Wildman–Crippen MR) is 117 cm³/mol. The van der Waals surface area contributed by atoms with E-state index < -0.39 is 5.91 Å². The molecule has 1 aliphatic rings. The van der Waals surface area contributed by atoms with Crippen molar-refractivity contribution in [3.63, 3.8) is 0 Å². The van der Waals surface area contributed by atoms with Gasteiger partial charge in [0.25, 0.3) is 0 Å². The van der Waals surface area contributed by atoms with Gasteiger partial charge >= 0.3 is 0 Å². The largest absolute Gasteiger partial charge is 0.454 e. The number of aromatic nitrogens is 1. The highest BCUT2D eigenvalue weighted by Gasteiger charge is 2.24. The predicted octanol–water partition coefficient (Wildman–Crippen LogP) is 3.95. The standard InChI is InChI=1S/C23H23ClN2O5/c1-3-4-17-22(19(27)11-29-2)15-6-5-13(23(25)28)7-18(15)26(17)10-14-8-20-21(9-16(14)24)31-12-30-20/h5-9H,3-4,10-12H2,1-2H3,(H2,25,28). The van der Waals surface area contributed by atoms with Crippen molar-refractivity contribution < 1.29 is 23.8 Å². The first kappa shape index (κ1) is 21.2. The van der Waals surface area contributed by atoms with E-state index in [0.29, 0.717) is 40.6 Å². The maximum Gasteiger partial charge on any atom is 0.248 e. The number of carbonyl (C=O) groups is 2. The fraction of sp³-hybridized carbons (Fsp3) is 0.304. The molecular weight excluding hydrogens is 420 g/mol. The molecule has 0 unspecified atom stereocenters. The minimum Gasteiger partial charge on any atom is -0.454 e. The second-order valence-corrected chi connectivity index (χ2v) is 7.81. The molecule has 0 spiro atoms. The minimum absolute atomic E-state index is 0.0296. The van der Waals surface area contributed by atoms with Gasteiger partial charge in [0.2, 0.25) is 12.7 Å². The molecule has 0 aliphatic carbocycles. The number of halogens is 1. The van der Waals surface area contributed by atoms with Crippen molar-refractivity contribution in [2.24, 2.45) is 5.73 Å². The number of amides is 1. The zero-order valence-electron chi connectivity index (χ0n) is 17.4. The number of benzene rings is 2. The third-order valence-electron chi connectivity index (χ3n) is 5.37. The van der Waals surface area contributed by atoms with Crippen molar-refractivity contribution in [3.8, 4) is 11.5 Å². The highest BCUT2D eigenvalue weighted by atomic mass is 35.5. The van der Waals surface area contributed by atoms with E-state index >= 15 is 0 Å². The molecule has 0 radical (unpaired) electrons. The number of rotatable bonds is 8. The lowest BCUT2D eigenvalue weighted by atomic mass is 10.0. The van der Waals surface area contributed by atoms with E-state index in [1.807, 2.05) is 10.6 Å². The highest BCUT2D eigenvalue weighted by molar-refractivity contribution is 6.31. The summed E-state index contributed by atoms with van der Waals surface area (Å²) in [4.78, 5) is 24.8. The van der Waals surface area contributed by atoms with Gasteiger partial charge in [-0.05, 0) is 30.2 Å². The van der Waals surface area contributed by atoms with Gasteiger partial charge in [-0.25, -0.2) is 0 Å². The normalized spacial score (nSPS) is 12.5. The van der Waals surface area contributed by atoms with E-state index in [1.165, 1.54) is 7.11 Å². The second kappa shape index (κ2) is 8.61. The van der Waals surface area contributed by atoms with Gasteiger partial charge in [-0.2, -0.15) is 0 Å². The topological polar surface area (TPSA) is 92.8 Å². The maximum absolute atomic E-state index is 13.0. The molecule has 162 valence electrons. The number of ether oxygens (including phenoxy) is 3. The minimum atomic E-state index is -0.530. The van der Waals surface area contributed by atoms with Crippen molar-refractivity contribution in [1.82, 2.24) is 4.57 Å². The third kappa shape index (κ3) is 3.86. The van der Waals surface area contributed by atoms with Crippen molar-refractivity contribution in [2.75, 3.05) is 20.5 Å². The number of hydrogen-bond donors (Lipinski definition) is 1. The van der Waals surface area contributed by atoms with Gasteiger partial charge in [-0.3, -0.25) is 9.59 Å². The van der Waals surface area contributed by atoms with E-state index in [1.54, 1.807) is 24.3 Å². The molecule has 2 aromatic carbocycles. The molecule has 31 heavy (non-hydrogen) atoms. The molecule has 3 aromatic rings. The molecule has 7 nitrogen and oxygen atoms in total. The molecule has 0 saturated heterocycles. The Morgan fingerprint density at radius 1 is 1.19 bits per heavy atom. The monoisotopic (exact) mass is 442 g/mol. The summed E-state index contributed by atoms with van der Waals surface area (Å²) < 4.78 is 18.0. The van der Waals surface area contributed by atoms with Crippen molar-refractivity contribution in [1.29, 1.82) is 0 Å². The number of Topliss-reactive ketones (excluding diaryl/α,β-unsaturated/α-hetero) is 1. The lowest BCUT2D eigenvalue weighted by molar-refractivity contribution is 0.0848.